The van der Waals surface area contributed by atoms with E-state index in [4.69, 9.17) is 18.9 Å². The largest absolute Gasteiger partial charge is 0.482 e. The molecule has 0 fully saturated rings. The van der Waals surface area contributed by atoms with E-state index in [2.05, 4.69) is 0 Å². The summed E-state index contributed by atoms with van der Waals surface area (Å²) in [6, 6.07) is 14.7. The molecule has 0 bridgehead atoms. The van der Waals surface area contributed by atoms with Crippen molar-refractivity contribution < 1.29 is 28.5 Å². The van der Waals surface area contributed by atoms with Crippen molar-refractivity contribution in [1.29, 1.82) is 0 Å². The summed E-state index contributed by atoms with van der Waals surface area (Å²) in [4.78, 5) is 23.5. The van der Waals surface area contributed by atoms with Crippen LogP contribution in [0.3, 0.4) is 0 Å². The van der Waals surface area contributed by atoms with E-state index in [0.29, 0.717) is 11.5 Å². The summed E-state index contributed by atoms with van der Waals surface area (Å²) < 4.78 is 20.8. The fraction of sp³-hybridized carbons (Fsp3) is 0.333. The number of carbonyl (C=O) groups excluding carboxylic acids is 2. The summed E-state index contributed by atoms with van der Waals surface area (Å²) >= 11 is 0. The summed E-state index contributed by atoms with van der Waals surface area (Å²) in [5.74, 6) is 0.119. The number of carbonyl (C=O) groups is 2. The lowest BCUT2D eigenvalue weighted by molar-refractivity contribution is -0.157. The van der Waals surface area contributed by atoms with Crippen molar-refractivity contribution in [3.05, 3.63) is 59.7 Å². The van der Waals surface area contributed by atoms with E-state index in [-0.39, 0.29) is 19.8 Å². The van der Waals surface area contributed by atoms with Crippen LogP contribution in [0.4, 0.5) is 0 Å². The van der Waals surface area contributed by atoms with Crippen molar-refractivity contribution in [2.45, 2.75) is 26.9 Å². The molecular formula is C21H24O6. The van der Waals surface area contributed by atoms with Crippen LogP contribution in [0.2, 0.25) is 0 Å². The number of esters is 2. The molecule has 0 heterocycles. The topological polar surface area (TPSA) is 71.1 Å². The van der Waals surface area contributed by atoms with Crippen molar-refractivity contribution in [1.82, 2.24) is 0 Å². The third-order valence-corrected chi connectivity index (χ3v) is 3.63. The second-order valence-electron chi connectivity index (χ2n) is 6.06. The first kappa shape index (κ1) is 20.3. The smallest absolute Gasteiger partial charge is 0.347 e. The monoisotopic (exact) mass is 372 g/mol. The fourth-order valence-corrected chi connectivity index (χ4v) is 2.10. The van der Waals surface area contributed by atoms with Gasteiger partial charge in [0.2, 0.25) is 0 Å². The minimum absolute atomic E-state index is 0.0426. The van der Waals surface area contributed by atoms with Crippen LogP contribution in [0.15, 0.2) is 48.5 Å². The maximum absolute atomic E-state index is 11.9. The quantitative estimate of drug-likeness (QED) is 0.497. The van der Waals surface area contributed by atoms with Gasteiger partial charge in [0.1, 0.15) is 24.7 Å². The molecule has 0 N–H and O–H groups in total. The van der Waals surface area contributed by atoms with Gasteiger partial charge < -0.3 is 18.9 Å². The Morgan fingerprint density at radius 1 is 0.815 bits per heavy atom. The number of hydrogen-bond donors (Lipinski definition) is 0. The van der Waals surface area contributed by atoms with Crippen molar-refractivity contribution in [2.24, 2.45) is 0 Å². The summed E-state index contributed by atoms with van der Waals surface area (Å²) in [6.45, 7) is 5.24. The molecule has 2 rings (SSSR count). The van der Waals surface area contributed by atoms with Gasteiger partial charge in [-0.3, -0.25) is 0 Å². The Bertz CT molecular complexity index is 736. The van der Waals surface area contributed by atoms with Gasteiger partial charge in [-0.1, -0.05) is 35.4 Å². The zero-order chi connectivity index (χ0) is 19.6. The molecule has 0 saturated carbocycles. The first-order chi connectivity index (χ1) is 12.9. The molecule has 0 radical (unpaired) electrons. The molecule has 1 unspecified atom stereocenters. The van der Waals surface area contributed by atoms with E-state index in [0.717, 1.165) is 11.1 Å². The minimum Gasteiger partial charge on any atom is -0.482 e. The van der Waals surface area contributed by atoms with E-state index >= 15 is 0 Å². The summed E-state index contributed by atoms with van der Waals surface area (Å²) in [6.07, 6.45) is -0.756. The normalized spacial score (nSPS) is 11.4. The van der Waals surface area contributed by atoms with Gasteiger partial charge in [-0.15, -0.1) is 0 Å². The van der Waals surface area contributed by atoms with Gasteiger partial charge >= 0.3 is 11.9 Å². The summed E-state index contributed by atoms with van der Waals surface area (Å²) in [5.41, 5.74) is 2.21. The Labute approximate surface area is 159 Å². The van der Waals surface area contributed by atoms with Crippen LogP contribution in [-0.2, 0) is 19.1 Å². The number of hydrogen-bond acceptors (Lipinski definition) is 6. The predicted octanol–water partition coefficient (Wildman–Crippen LogP) is 3.24. The lowest BCUT2D eigenvalue weighted by Gasteiger charge is -2.14. The second kappa shape index (κ2) is 10.2. The van der Waals surface area contributed by atoms with Crippen LogP contribution in [0.1, 0.15) is 18.1 Å². The van der Waals surface area contributed by atoms with Crippen molar-refractivity contribution in [3.63, 3.8) is 0 Å². The lowest BCUT2D eigenvalue weighted by atomic mass is 10.2. The molecule has 0 saturated heterocycles. The number of ether oxygens (including phenoxy) is 4. The van der Waals surface area contributed by atoms with Gasteiger partial charge in [0.15, 0.2) is 12.7 Å². The highest BCUT2D eigenvalue weighted by molar-refractivity contribution is 5.74. The van der Waals surface area contributed by atoms with E-state index < -0.39 is 18.0 Å². The van der Waals surface area contributed by atoms with Crippen LogP contribution >= 0.6 is 0 Å². The van der Waals surface area contributed by atoms with Crippen LogP contribution in [0.25, 0.3) is 0 Å². The van der Waals surface area contributed by atoms with E-state index in [1.54, 1.807) is 31.2 Å². The molecule has 6 heteroatoms. The molecule has 144 valence electrons. The van der Waals surface area contributed by atoms with E-state index in [1.165, 1.54) is 0 Å². The van der Waals surface area contributed by atoms with Gasteiger partial charge in [0, 0.05) is 0 Å². The Balaban J connectivity index is 1.60. The van der Waals surface area contributed by atoms with Crippen LogP contribution in [0.5, 0.6) is 11.5 Å². The van der Waals surface area contributed by atoms with E-state index in [1.807, 2.05) is 38.1 Å². The van der Waals surface area contributed by atoms with Gasteiger partial charge in [0.05, 0.1) is 0 Å². The average Bonchev–Trinajstić information content (AvgIpc) is 2.66. The van der Waals surface area contributed by atoms with Gasteiger partial charge in [-0.05, 0) is 45.0 Å². The maximum Gasteiger partial charge on any atom is 0.347 e. The SMILES string of the molecule is Cc1ccc(OCC(=O)OCCOC(=O)C(C)Oc2ccc(C)cc2)cc1. The number of aryl methyl sites for hydroxylation is 2. The molecule has 0 aliphatic heterocycles. The third-order valence-electron chi connectivity index (χ3n) is 3.63. The molecule has 2 aromatic rings. The minimum atomic E-state index is -0.756. The zero-order valence-electron chi connectivity index (χ0n) is 15.8. The van der Waals surface area contributed by atoms with Crippen LogP contribution < -0.4 is 9.47 Å². The van der Waals surface area contributed by atoms with Crippen molar-refractivity contribution in [2.75, 3.05) is 19.8 Å². The molecule has 0 amide bonds. The highest BCUT2D eigenvalue weighted by Crippen LogP contribution is 2.14. The molecule has 0 spiro atoms. The Kier molecular flexibility index (Phi) is 7.67. The Morgan fingerprint density at radius 2 is 1.33 bits per heavy atom. The lowest BCUT2D eigenvalue weighted by Crippen LogP contribution is -2.28. The molecule has 27 heavy (non-hydrogen) atoms. The Hall–Kier alpha value is -3.02. The van der Waals surface area contributed by atoms with E-state index in [9.17, 15) is 9.59 Å². The highest BCUT2D eigenvalue weighted by Gasteiger charge is 2.16. The van der Waals surface area contributed by atoms with Crippen LogP contribution in [-0.4, -0.2) is 37.9 Å². The number of benzene rings is 2. The summed E-state index contributed by atoms with van der Waals surface area (Å²) in [5, 5.41) is 0. The maximum atomic E-state index is 11.9. The first-order valence-corrected chi connectivity index (χ1v) is 8.69. The fourth-order valence-electron chi connectivity index (χ4n) is 2.10. The molecule has 0 aliphatic carbocycles. The number of rotatable bonds is 9. The van der Waals surface area contributed by atoms with Crippen LogP contribution in [0, 0.1) is 13.8 Å². The molecule has 2 aromatic carbocycles. The molecule has 1 atom stereocenters. The van der Waals surface area contributed by atoms with Gasteiger partial charge in [-0.2, -0.15) is 0 Å². The first-order valence-electron chi connectivity index (χ1n) is 8.69. The third kappa shape index (κ3) is 7.40. The molecule has 0 aliphatic rings. The molecule has 0 aromatic heterocycles. The zero-order valence-corrected chi connectivity index (χ0v) is 15.8. The summed E-state index contributed by atoms with van der Waals surface area (Å²) in [7, 11) is 0. The second-order valence-corrected chi connectivity index (χ2v) is 6.06. The van der Waals surface area contributed by atoms with Crippen molar-refractivity contribution >= 4 is 11.9 Å². The Morgan fingerprint density at radius 3 is 1.93 bits per heavy atom. The van der Waals surface area contributed by atoms with Crippen molar-refractivity contribution in [3.8, 4) is 11.5 Å². The molecule has 6 nitrogen and oxygen atoms in total. The molecular weight excluding hydrogens is 348 g/mol. The average molecular weight is 372 g/mol. The standard InChI is InChI=1S/C21H24O6/c1-15-4-8-18(9-5-15)26-14-20(22)24-12-13-25-21(23)17(3)27-19-10-6-16(2)7-11-19/h4-11,17H,12-14H2,1-3H3. The highest BCUT2D eigenvalue weighted by atomic mass is 16.6. The van der Waals surface area contributed by atoms with Gasteiger partial charge in [0.25, 0.3) is 0 Å². The predicted molar refractivity (Wildman–Crippen MR) is 99.9 cm³/mol. The van der Waals surface area contributed by atoms with Gasteiger partial charge in [-0.25, -0.2) is 9.59 Å².